The fourth-order valence-corrected chi connectivity index (χ4v) is 2.17. The maximum absolute atomic E-state index is 10.9. The molecule has 9 heteroatoms. The number of nitro groups is 1. The van der Waals surface area contributed by atoms with Crippen LogP contribution in [0.1, 0.15) is 0 Å². The van der Waals surface area contributed by atoms with Crippen molar-refractivity contribution in [3.8, 4) is 11.4 Å². The molecule has 0 aliphatic carbocycles. The molecule has 1 aromatic carbocycles. The SMILES string of the molecule is Nc1ccc(-c2nccc3nc(Br)nn23)cc1[N+](=O)[O-]. The Morgan fingerprint density at radius 1 is 1.35 bits per heavy atom. The first kappa shape index (κ1) is 12.5. The molecule has 0 amide bonds. The second-order valence-corrected chi connectivity index (χ2v) is 4.66. The van der Waals surface area contributed by atoms with E-state index >= 15 is 0 Å². The standard InChI is InChI=1S/C11H7BrN6O2/c12-11-15-9-3-4-14-10(17(9)16-11)6-1-2-7(13)8(5-6)18(19)20/h1-5H,13H2. The van der Waals surface area contributed by atoms with E-state index in [0.717, 1.165) is 0 Å². The fraction of sp³-hybridized carbons (Fsp3) is 0. The third kappa shape index (κ3) is 1.97. The Hall–Kier alpha value is -2.55. The van der Waals surface area contributed by atoms with E-state index in [2.05, 4.69) is 31.0 Å². The van der Waals surface area contributed by atoms with Crippen molar-refractivity contribution in [2.75, 3.05) is 5.73 Å². The number of nitrogen functional groups attached to an aromatic ring is 1. The van der Waals surface area contributed by atoms with E-state index in [1.54, 1.807) is 18.3 Å². The van der Waals surface area contributed by atoms with Gasteiger partial charge < -0.3 is 5.73 Å². The first-order chi connectivity index (χ1) is 9.56. The van der Waals surface area contributed by atoms with Gasteiger partial charge in [-0.05, 0) is 28.1 Å². The lowest BCUT2D eigenvalue weighted by molar-refractivity contribution is -0.383. The number of nitro benzene ring substituents is 1. The van der Waals surface area contributed by atoms with Gasteiger partial charge in [-0.15, -0.1) is 5.10 Å². The average molecular weight is 335 g/mol. The Balaban J connectivity index is 2.25. The highest BCUT2D eigenvalue weighted by Gasteiger charge is 2.15. The molecule has 3 aromatic rings. The summed E-state index contributed by atoms with van der Waals surface area (Å²) in [5.41, 5.74) is 6.64. The summed E-state index contributed by atoms with van der Waals surface area (Å²) in [6.45, 7) is 0. The monoisotopic (exact) mass is 334 g/mol. The Morgan fingerprint density at radius 3 is 2.90 bits per heavy atom. The van der Waals surface area contributed by atoms with E-state index in [-0.39, 0.29) is 11.4 Å². The lowest BCUT2D eigenvalue weighted by atomic mass is 10.1. The van der Waals surface area contributed by atoms with Crippen LogP contribution < -0.4 is 5.73 Å². The molecule has 0 spiro atoms. The highest BCUT2D eigenvalue weighted by molar-refractivity contribution is 9.10. The third-order valence-electron chi connectivity index (χ3n) is 2.71. The molecule has 0 unspecified atom stereocenters. The summed E-state index contributed by atoms with van der Waals surface area (Å²) in [4.78, 5) is 18.7. The van der Waals surface area contributed by atoms with Crippen LogP contribution in [0.3, 0.4) is 0 Å². The molecule has 0 aliphatic heterocycles. The number of hydrogen-bond donors (Lipinski definition) is 1. The highest BCUT2D eigenvalue weighted by Crippen LogP contribution is 2.27. The molecule has 2 N–H and O–H groups in total. The van der Waals surface area contributed by atoms with E-state index in [0.29, 0.717) is 21.8 Å². The van der Waals surface area contributed by atoms with Gasteiger partial charge in [0.1, 0.15) is 5.69 Å². The topological polar surface area (TPSA) is 112 Å². The van der Waals surface area contributed by atoms with E-state index in [1.165, 1.54) is 16.6 Å². The molecule has 0 radical (unpaired) electrons. The molecule has 8 nitrogen and oxygen atoms in total. The number of nitrogens with zero attached hydrogens (tertiary/aromatic N) is 5. The summed E-state index contributed by atoms with van der Waals surface area (Å²) in [7, 11) is 0. The molecular formula is C11H7BrN6O2. The summed E-state index contributed by atoms with van der Waals surface area (Å²) in [6.07, 6.45) is 1.56. The van der Waals surface area contributed by atoms with Gasteiger partial charge in [-0.25, -0.2) is 9.97 Å². The Bertz CT molecular complexity index is 831. The number of hydrogen-bond acceptors (Lipinski definition) is 6. The van der Waals surface area contributed by atoms with Crippen LogP contribution >= 0.6 is 15.9 Å². The molecule has 20 heavy (non-hydrogen) atoms. The zero-order chi connectivity index (χ0) is 14.3. The highest BCUT2D eigenvalue weighted by atomic mass is 79.9. The lowest BCUT2D eigenvalue weighted by Crippen LogP contribution is -2.00. The molecule has 0 saturated carbocycles. The van der Waals surface area contributed by atoms with Crippen molar-refractivity contribution in [3.05, 3.63) is 45.3 Å². The zero-order valence-corrected chi connectivity index (χ0v) is 11.5. The molecule has 0 atom stereocenters. The van der Waals surface area contributed by atoms with Gasteiger partial charge in [0, 0.05) is 23.9 Å². The van der Waals surface area contributed by atoms with E-state index in [4.69, 9.17) is 5.73 Å². The van der Waals surface area contributed by atoms with Crippen LogP contribution in [-0.2, 0) is 0 Å². The summed E-state index contributed by atoms with van der Waals surface area (Å²) >= 11 is 3.18. The van der Waals surface area contributed by atoms with Crippen molar-refractivity contribution in [1.29, 1.82) is 0 Å². The van der Waals surface area contributed by atoms with Crippen molar-refractivity contribution in [1.82, 2.24) is 19.6 Å². The molecule has 0 saturated heterocycles. The van der Waals surface area contributed by atoms with E-state index < -0.39 is 4.92 Å². The lowest BCUT2D eigenvalue weighted by Gasteiger charge is -2.04. The third-order valence-corrected chi connectivity index (χ3v) is 3.05. The van der Waals surface area contributed by atoms with Gasteiger partial charge in [0.25, 0.3) is 5.69 Å². The Kier molecular flexibility index (Phi) is 2.83. The quantitative estimate of drug-likeness (QED) is 0.436. The van der Waals surface area contributed by atoms with Crippen LogP contribution in [-0.4, -0.2) is 24.5 Å². The van der Waals surface area contributed by atoms with Gasteiger partial charge in [-0.2, -0.15) is 4.52 Å². The second-order valence-electron chi connectivity index (χ2n) is 3.95. The van der Waals surface area contributed by atoms with E-state index in [9.17, 15) is 10.1 Å². The number of halogens is 1. The predicted molar refractivity (Wildman–Crippen MR) is 75.0 cm³/mol. The normalized spacial score (nSPS) is 10.8. The minimum atomic E-state index is -0.532. The summed E-state index contributed by atoms with van der Waals surface area (Å²) in [5.74, 6) is 0.448. The van der Waals surface area contributed by atoms with Gasteiger partial charge >= 0.3 is 0 Å². The van der Waals surface area contributed by atoms with Gasteiger partial charge in [0.05, 0.1) is 4.92 Å². The summed E-state index contributed by atoms with van der Waals surface area (Å²) in [6, 6.07) is 6.18. The Morgan fingerprint density at radius 2 is 2.15 bits per heavy atom. The van der Waals surface area contributed by atoms with Crippen LogP contribution in [0.2, 0.25) is 0 Å². The second kappa shape index (κ2) is 4.53. The van der Waals surface area contributed by atoms with Gasteiger partial charge in [0.15, 0.2) is 11.5 Å². The molecule has 0 aliphatic rings. The fourth-order valence-electron chi connectivity index (χ4n) is 1.83. The van der Waals surface area contributed by atoms with Crippen molar-refractivity contribution in [2.24, 2.45) is 0 Å². The minimum absolute atomic E-state index is 0.102. The van der Waals surface area contributed by atoms with Crippen molar-refractivity contribution in [2.45, 2.75) is 0 Å². The van der Waals surface area contributed by atoms with Gasteiger partial charge in [-0.1, -0.05) is 0 Å². The van der Waals surface area contributed by atoms with Crippen molar-refractivity contribution >= 4 is 33.0 Å². The number of rotatable bonds is 2. The smallest absolute Gasteiger partial charge is 0.292 e. The predicted octanol–water partition coefficient (Wildman–Crippen LogP) is 2.04. The Labute approximate surface area is 120 Å². The average Bonchev–Trinajstić information content (AvgIpc) is 2.79. The van der Waals surface area contributed by atoms with Gasteiger partial charge in [-0.3, -0.25) is 10.1 Å². The van der Waals surface area contributed by atoms with Crippen LogP contribution in [0, 0.1) is 10.1 Å². The van der Waals surface area contributed by atoms with Crippen molar-refractivity contribution < 1.29 is 4.92 Å². The number of anilines is 1. The molecule has 0 bridgehead atoms. The number of fused-ring (bicyclic) bond motifs is 1. The van der Waals surface area contributed by atoms with Crippen LogP contribution in [0.25, 0.3) is 17.0 Å². The minimum Gasteiger partial charge on any atom is -0.393 e. The summed E-state index contributed by atoms with van der Waals surface area (Å²) in [5, 5.41) is 15.1. The first-order valence-corrected chi connectivity index (χ1v) is 6.27. The molecule has 100 valence electrons. The van der Waals surface area contributed by atoms with Crippen LogP contribution in [0.15, 0.2) is 35.2 Å². The van der Waals surface area contributed by atoms with Crippen LogP contribution in [0.5, 0.6) is 0 Å². The van der Waals surface area contributed by atoms with Crippen LogP contribution in [0.4, 0.5) is 11.4 Å². The zero-order valence-electron chi connectivity index (χ0n) is 9.89. The summed E-state index contributed by atoms with van der Waals surface area (Å²) < 4.78 is 1.91. The molecular weight excluding hydrogens is 328 g/mol. The van der Waals surface area contributed by atoms with E-state index in [1.807, 2.05) is 0 Å². The number of benzene rings is 1. The molecule has 3 rings (SSSR count). The van der Waals surface area contributed by atoms with Gasteiger partial charge in [0.2, 0.25) is 4.73 Å². The number of nitrogens with two attached hydrogens (primary N) is 1. The molecule has 2 aromatic heterocycles. The largest absolute Gasteiger partial charge is 0.393 e. The van der Waals surface area contributed by atoms with Crippen molar-refractivity contribution in [3.63, 3.8) is 0 Å². The maximum Gasteiger partial charge on any atom is 0.292 e. The maximum atomic E-state index is 10.9. The first-order valence-electron chi connectivity index (χ1n) is 5.48. The molecule has 2 heterocycles. The molecule has 0 fully saturated rings. The number of aromatic nitrogens is 4.